The third-order valence-electron chi connectivity index (χ3n) is 3.64. The van der Waals surface area contributed by atoms with Crippen LogP contribution >= 0.6 is 23.7 Å². The first-order chi connectivity index (χ1) is 9.33. The lowest BCUT2D eigenvalue weighted by Gasteiger charge is -2.22. The van der Waals surface area contributed by atoms with Crippen LogP contribution in [0.5, 0.6) is 0 Å². The fourth-order valence-electron chi connectivity index (χ4n) is 2.49. The van der Waals surface area contributed by atoms with Crippen LogP contribution in [0.25, 0.3) is 10.6 Å². The first-order valence-corrected chi connectivity index (χ1v) is 7.61. The number of benzene rings is 1. The van der Waals surface area contributed by atoms with Crippen LogP contribution in [0.3, 0.4) is 0 Å². The molecule has 1 unspecified atom stereocenters. The molecule has 3 rings (SSSR count). The minimum Gasteiger partial charge on any atom is -0.315 e. The van der Waals surface area contributed by atoms with Gasteiger partial charge in [0, 0.05) is 30.1 Å². The third kappa shape index (κ3) is 3.58. The second-order valence-corrected chi connectivity index (χ2v) is 5.93. The van der Waals surface area contributed by atoms with Gasteiger partial charge < -0.3 is 5.32 Å². The number of likely N-dealkylation sites (N-methyl/N-ethyl adjacent to an activating group) is 1. The fourth-order valence-corrected chi connectivity index (χ4v) is 3.31. The second kappa shape index (κ2) is 7.18. The summed E-state index contributed by atoms with van der Waals surface area (Å²) in [5.74, 6) is 0. The van der Waals surface area contributed by atoms with Crippen LogP contribution in [0.15, 0.2) is 35.7 Å². The average Bonchev–Trinajstić information content (AvgIpc) is 3.11. The number of halogens is 1. The van der Waals surface area contributed by atoms with Crippen molar-refractivity contribution in [3.8, 4) is 10.6 Å². The van der Waals surface area contributed by atoms with Crippen LogP contribution in [0.4, 0.5) is 0 Å². The Labute approximate surface area is 130 Å². The zero-order valence-electron chi connectivity index (χ0n) is 11.6. The Morgan fingerprint density at radius 3 is 2.85 bits per heavy atom. The molecule has 0 saturated carbocycles. The highest BCUT2D eigenvalue weighted by Crippen LogP contribution is 2.24. The lowest BCUT2D eigenvalue weighted by atomic mass is 10.2. The largest absolute Gasteiger partial charge is 0.315 e. The lowest BCUT2D eigenvalue weighted by Crippen LogP contribution is -2.32. The predicted molar refractivity (Wildman–Crippen MR) is 87.5 cm³/mol. The zero-order valence-corrected chi connectivity index (χ0v) is 13.2. The molecule has 0 spiro atoms. The van der Waals surface area contributed by atoms with Crippen molar-refractivity contribution < 1.29 is 0 Å². The van der Waals surface area contributed by atoms with Gasteiger partial charge in [0.15, 0.2) is 0 Å². The predicted octanol–water partition coefficient (Wildman–Crippen LogP) is 3.03. The molecule has 20 heavy (non-hydrogen) atoms. The summed E-state index contributed by atoms with van der Waals surface area (Å²) in [7, 11) is 2.19. The highest BCUT2D eigenvalue weighted by Gasteiger charge is 2.19. The van der Waals surface area contributed by atoms with E-state index in [0.717, 1.165) is 24.6 Å². The van der Waals surface area contributed by atoms with E-state index in [4.69, 9.17) is 4.98 Å². The fraction of sp³-hybridized carbons (Fsp3) is 0.400. The van der Waals surface area contributed by atoms with Gasteiger partial charge in [-0.05, 0) is 20.0 Å². The Kier molecular flexibility index (Phi) is 5.54. The minimum atomic E-state index is 0. The number of nitrogens with one attached hydrogen (secondary N) is 1. The maximum atomic E-state index is 4.75. The van der Waals surface area contributed by atoms with Gasteiger partial charge in [-0.1, -0.05) is 30.3 Å². The van der Waals surface area contributed by atoms with Gasteiger partial charge >= 0.3 is 0 Å². The van der Waals surface area contributed by atoms with E-state index in [9.17, 15) is 0 Å². The lowest BCUT2D eigenvalue weighted by molar-refractivity contribution is 0.246. The van der Waals surface area contributed by atoms with E-state index in [1.807, 2.05) is 6.07 Å². The molecular weight excluding hydrogens is 290 g/mol. The van der Waals surface area contributed by atoms with E-state index in [-0.39, 0.29) is 12.4 Å². The van der Waals surface area contributed by atoms with Gasteiger partial charge in [0.25, 0.3) is 0 Å². The molecule has 5 heteroatoms. The molecule has 0 bridgehead atoms. The molecule has 0 aliphatic carbocycles. The van der Waals surface area contributed by atoms with E-state index in [1.165, 1.54) is 17.7 Å². The molecule has 0 radical (unpaired) electrons. The van der Waals surface area contributed by atoms with Gasteiger partial charge in [-0.25, -0.2) is 4.98 Å². The van der Waals surface area contributed by atoms with Crippen molar-refractivity contribution in [1.82, 2.24) is 15.2 Å². The monoisotopic (exact) mass is 309 g/mol. The Bertz CT molecular complexity index is 523. The van der Waals surface area contributed by atoms with Crippen molar-refractivity contribution in [3.05, 3.63) is 41.4 Å². The smallest absolute Gasteiger partial charge is 0.123 e. The topological polar surface area (TPSA) is 28.2 Å². The Morgan fingerprint density at radius 1 is 1.35 bits per heavy atom. The van der Waals surface area contributed by atoms with Crippen LogP contribution in [0, 0.1) is 0 Å². The molecule has 1 N–H and O–H groups in total. The molecule has 2 aromatic rings. The van der Waals surface area contributed by atoms with E-state index in [0.29, 0.717) is 6.04 Å². The Hall–Kier alpha value is -0.940. The van der Waals surface area contributed by atoms with Crippen molar-refractivity contribution in [2.45, 2.75) is 19.0 Å². The van der Waals surface area contributed by atoms with Crippen molar-refractivity contribution in [2.75, 3.05) is 20.1 Å². The van der Waals surface area contributed by atoms with E-state index in [2.05, 4.69) is 46.9 Å². The van der Waals surface area contributed by atoms with Gasteiger partial charge in [-0.3, -0.25) is 4.90 Å². The van der Waals surface area contributed by atoms with Crippen molar-refractivity contribution in [1.29, 1.82) is 0 Å². The molecule has 1 aromatic carbocycles. The average molecular weight is 310 g/mol. The highest BCUT2D eigenvalue weighted by atomic mass is 35.5. The molecule has 2 heterocycles. The summed E-state index contributed by atoms with van der Waals surface area (Å²) in [6.45, 7) is 3.18. The van der Waals surface area contributed by atoms with E-state index >= 15 is 0 Å². The first kappa shape index (κ1) is 15.4. The molecule has 1 aromatic heterocycles. The highest BCUT2D eigenvalue weighted by molar-refractivity contribution is 7.13. The number of thiazole rings is 1. The summed E-state index contributed by atoms with van der Waals surface area (Å²) in [5.41, 5.74) is 2.39. The summed E-state index contributed by atoms with van der Waals surface area (Å²) in [5, 5.41) is 6.71. The van der Waals surface area contributed by atoms with Crippen LogP contribution in [-0.2, 0) is 6.54 Å². The molecule has 1 aliphatic rings. The Balaban J connectivity index is 0.00000147. The molecule has 3 nitrogen and oxygen atoms in total. The Morgan fingerprint density at radius 2 is 2.15 bits per heavy atom. The summed E-state index contributed by atoms with van der Waals surface area (Å²) in [4.78, 5) is 7.15. The summed E-state index contributed by atoms with van der Waals surface area (Å²) in [6.07, 6.45) is 1.24. The van der Waals surface area contributed by atoms with Crippen LogP contribution < -0.4 is 5.32 Å². The number of aromatic nitrogens is 1. The van der Waals surface area contributed by atoms with Crippen molar-refractivity contribution >= 4 is 23.7 Å². The number of nitrogens with zero attached hydrogens (tertiary/aromatic N) is 2. The normalized spacial score (nSPS) is 18.2. The van der Waals surface area contributed by atoms with E-state index in [1.54, 1.807) is 11.3 Å². The zero-order chi connectivity index (χ0) is 13.1. The maximum Gasteiger partial charge on any atom is 0.123 e. The third-order valence-corrected chi connectivity index (χ3v) is 4.58. The molecule has 0 amide bonds. The van der Waals surface area contributed by atoms with Gasteiger partial charge in [0.2, 0.25) is 0 Å². The van der Waals surface area contributed by atoms with Crippen molar-refractivity contribution in [2.24, 2.45) is 0 Å². The first-order valence-electron chi connectivity index (χ1n) is 6.74. The summed E-state index contributed by atoms with van der Waals surface area (Å²) in [6, 6.07) is 11.1. The quantitative estimate of drug-likeness (QED) is 0.941. The van der Waals surface area contributed by atoms with Gasteiger partial charge in [0.05, 0.1) is 5.69 Å². The maximum absolute atomic E-state index is 4.75. The molecular formula is C15H20ClN3S. The van der Waals surface area contributed by atoms with Crippen LogP contribution in [0.2, 0.25) is 0 Å². The molecule has 108 valence electrons. The number of hydrogen-bond acceptors (Lipinski definition) is 4. The molecule has 1 fully saturated rings. The van der Waals surface area contributed by atoms with Gasteiger partial charge in [-0.15, -0.1) is 23.7 Å². The number of rotatable bonds is 4. The SMILES string of the molecule is CN(Cc1csc(-c2ccccc2)n1)C1CCNC1.Cl. The van der Waals surface area contributed by atoms with E-state index < -0.39 is 0 Å². The van der Waals surface area contributed by atoms with Crippen molar-refractivity contribution in [3.63, 3.8) is 0 Å². The second-order valence-electron chi connectivity index (χ2n) is 5.07. The van der Waals surface area contributed by atoms with Gasteiger partial charge in [0.1, 0.15) is 5.01 Å². The molecule has 1 atom stereocenters. The van der Waals surface area contributed by atoms with Crippen LogP contribution in [-0.4, -0.2) is 36.1 Å². The summed E-state index contributed by atoms with van der Waals surface area (Å²) < 4.78 is 0. The molecule has 1 saturated heterocycles. The molecule has 1 aliphatic heterocycles. The summed E-state index contributed by atoms with van der Waals surface area (Å²) >= 11 is 1.73. The standard InChI is InChI=1S/C15H19N3S.ClH/c1-18(14-7-8-16-9-14)10-13-11-19-15(17-13)12-5-3-2-4-6-12;/h2-6,11,14,16H,7-10H2,1H3;1H. The van der Waals surface area contributed by atoms with Crippen LogP contribution in [0.1, 0.15) is 12.1 Å². The minimum absolute atomic E-state index is 0. The number of hydrogen-bond donors (Lipinski definition) is 1. The van der Waals surface area contributed by atoms with Gasteiger partial charge in [-0.2, -0.15) is 0 Å².